The normalized spacial score (nSPS) is 7.85. The summed E-state index contributed by atoms with van der Waals surface area (Å²) in [7, 11) is 1.73. The zero-order valence-electron chi connectivity index (χ0n) is 17.7. The number of hydrogen-bond acceptors (Lipinski definition) is 4. The van der Waals surface area contributed by atoms with Crippen LogP contribution in [0.2, 0.25) is 0 Å². The van der Waals surface area contributed by atoms with Crippen molar-refractivity contribution >= 4 is 6.29 Å². The Labute approximate surface area is 160 Å². The van der Waals surface area contributed by atoms with Gasteiger partial charge in [0.15, 0.2) is 0 Å². The van der Waals surface area contributed by atoms with E-state index in [-0.39, 0.29) is 5.75 Å². The summed E-state index contributed by atoms with van der Waals surface area (Å²) < 4.78 is 5.58. The fourth-order valence-corrected chi connectivity index (χ4v) is 1.34. The highest BCUT2D eigenvalue weighted by molar-refractivity contribution is 5.51. The summed E-state index contributed by atoms with van der Waals surface area (Å²) in [6.07, 6.45) is 0.819. The van der Waals surface area contributed by atoms with E-state index in [4.69, 9.17) is 9.84 Å². The van der Waals surface area contributed by atoms with E-state index in [9.17, 15) is 4.79 Å². The van der Waals surface area contributed by atoms with Gasteiger partial charge in [-0.3, -0.25) is 0 Å². The number of benzene rings is 2. The Hall–Kier alpha value is -2.33. The second-order valence-corrected chi connectivity index (χ2v) is 4.13. The molecular weight excluding hydrogens is 326 g/mol. The number of phenolic OH excluding ortho intramolecular Hbond substituents is 1. The molecule has 2 aromatic rings. The molecule has 2 rings (SSSR count). The Morgan fingerprint density at radius 3 is 1.54 bits per heavy atom. The third-order valence-electron chi connectivity index (χ3n) is 2.38. The van der Waals surface area contributed by atoms with E-state index >= 15 is 0 Å². The lowest BCUT2D eigenvalue weighted by atomic mass is 10.2. The first kappa shape index (κ1) is 28.5. The van der Waals surface area contributed by atoms with Crippen LogP contribution in [0.4, 0.5) is 0 Å². The number of nitrogens with one attached hydrogen (secondary N) is 1. The fourth-order valence-electron chi connectivity index (χ4n) is 1.34. The van der Waals surface area contributed by atoms with Crippen molar-refractivity contribution in [2.45, 2.75) is 48.5 Å². The third-order valence-corrected chi connectivity index (χ3v) is 2.38. The summed E-state index contributed by atoms with van der Waals surface area (Å²) in [5.41, 5.74) is 1.20. The molecule has 0 aliphatic heterocycles. The van der Waals surface area contributed by atoms with Crippen molar-refractivity contribution in [1.82, 2.24) is 5.32 Å². The van der Waals surface area contributed by atoms with Crippen LogP contribution in [0.5, 0.6) is 17.2 Å². The van der Waals surface area contributed by atoms with E-state index in [0.717, 1.165) is 17.8 Å². The molecule has 0 saturated carbocycles. The minimum Gasteiger partial charge on any atom is -0.508 e. The zero-order valence-corrected chi connectivity index (χ0v) is 17.7. The van der Waals surface area contributed by atoms with Crippen LogP contribution in [0.25, 0.3) is 0 Å². The summed E-state index contributed by atoms with van der Waals surface area (Å²) in [4.78, 5) is 9.34. The van der Waals surface area contributed by atoms with E-state index in [0.29, 0.717) is 6.54 Å². The number of aldehydes is 1. The van der Waals surface area contributed by atoms with Crippen LogP contribution < -0.4 is 10.1 Å². The van der Waals surface area contributed by atoms with Crippen molar-refractivity contribution in [2.75, 3.05) is 13.6 Å². The van der Waals surface area contributed by atoms with Gasteiger partial charge in [-0.15, -0.1) is 0 Å². The largest absolute Gasteiger partial charge is 0.508 e. The second kappa shape index (κ2) is 22.7. The first-order chi connectivity index (χ1) is 12.7. The number of rotatable bonds is 4. The monoisotopic (exact) mass is 363 g/mol. The Bertz CT molecular complexity index is 464. The van der Waals surface area contributed by atoms with Crippen molar-refractivity contribution in [1.29, 1.82) is 0 Å². The van der Waals surface area contributed by atoms with Crippen molar-refractivity contribution in [3.63, 3.8) is 0 Å². The highest BCUT2D eigenvalue weighted by Crippen LogP contribution is 2.23. The maximum absolute atomic E-state index is 9.34. The molecule has 2 aromatic carbocycles. The molecule has 0 bridgehead atoms. The average Bonchev–Trinajstić information content (AvgIpc) is 2.71. The number of phenols is 1. The first-order valence-electron chi connectivity index (χ1n) is 9.27. The van der Waals surface area contributed by atoms with Gasteiger partial charge in [-0.25, -0.2) is 0 Å². The molecule has 0 atom stereocenters. The van der Waals surface area contributed by atoms with Crippen LogP contribution in [0.3, 0.4) is 0 Å². The Morgan fingerprint density at radius 2 is 1.23 bits per heavy atom. The molecule has 4 nitrogen and oxygen atoms in total. The lowest BCUT2D eigenvalue weighted by Crippen LogP contribution is -2.07. The topological polar surface area (TPSA) is 58.6 Å². The number of aryl methyl sites for hydroxylation is 1. The van der Waals surface area contributed by atoms with Gasteiger partial charge in [0.2, 0.25) is 0 Å². The van der Waals surface area contributed by atoms with Crippen molar-refractivity contribution in [2.24, 2.45) is 0 Å². The van der Waals surface area contributed by atoms with Gasteiger partial charge in [-0.2, -0.15) is 0 Å². The average molecular weight is 364 g/mol. The molecule has 4 heteroatoms. The van der Waals surface area contributed by atoms with Crippen molar-refractivity contribution < 1.29 is 14.6 Å². The summed E-state index contributed by atoms with van der Waals surface area (Å²) in [5.74, 6) is 1.76. The lowest BCUT2D eigenvalue weighted by molar-refractivity contribution is -0.107. The van der Waals surface area contributed by atoms with Gasteiger partial charge in [-0.05, 0) is 50.4 Å². The van der Waals surface area contributed by atoms with Gasteiger partial charge in [0.05, 0.1) is 6.54 Å². The minimum atomic E-state index is 0.242. The predicted molar refractivity (Wildman–Crippen MR) is 113 cm³/mol. The molecule has 0 amide bonds. The molecule has 0 saturated heterocycles. The lowest BCUT2D eigenvalue weighted by Gasteiger charge is -2.05. The Balaban J connectivity index is -0.000000407. The van der Waals surface area contributed by atoms with E-state index in [2.05, 4.69) is 5.32 Å². The molecule has 0 heterocycles. The molecule has 0 unspecified atom stereocenters. The SMILES string of the molecule is CC.CC.CC.CNCC=O.Cc1ccc(Oc2ccc(O)cc2)cc1. The van der Waals surface area contributed by atoms with Crippen LogP contribution >= 0.6 is 0 Å². The van der Waals surface area contributed by atoms with Gasteiger partial charge >= 0.3 is 0 Å². The molecule has 0 radical (unpaired) electrons. The number of carbonyl (C=O) groups excluding carboxylic acids is 1. The maximum Gasteiger partial charge on any atom is 0.133 e. The molecule has 0 aliphatic rings. The molecular formula is C22H37NO3. The summed E-state index contributed by atoms with van der Waals surface area (Å²) >= 11 is 0. The van der Waals surface area contributed by atoms with Gasteiger partial charge in [0, 0.05) is 0 Å². The molecule has 2 N–H and O–H groups in total. The molecule has 26 heavy (non-hydrogen) atoms. The number of likely N-dealkylation sites (N-methyl/N-ethyl adjacent to an activating group) is 1. The number of hydrogen-bond donors (Lipinski definition) is 2. The third kappa shape index (κ3) is 16.5. The molecule has 0 spiro atoms. The fraction of sp³-hybridized carbons (Fsp3) is 0.409. The number of carbonyl (C=O) groups is 1. The predicted octanol–water partition coefficient (Wildman–Crippen LogP) is 5.98. The standard InChI is InChI=1S/C13H12O2.C3H7NO.3C2H6/c1-10-2-6-12(7-3-10)15-13-8-4-11(14)5-9-13;1-4-2-3-5;3*1-2/h2-9,14H,1H3;3-4H,2H2,1H3;3*1-2H3. The second-order valence-electron chi connectivity index (χ2n) is 4.13. The van der Waals surface area contributed by atoms with Crippen LogP contribution in [0, 0.1) is 6.92 Å². The van der Waals surface area contributed by atoms with Crippen LogP contribution in [0.15, 0.2) is 48.5 Å². The first-order valence-corrected chi connectivity index (χ1v) is 9.27. The highest BCUT2D eigenvalue weighted by atomic mass is 16.5. The minimum absolute atomic E-state index is 0.242. The van der Waals surface area contributed by atoms with Crippen LogP contribution in [0.1, 0.15) is 47.1 Å². The molecule has 0 aliphatic carbocycles. The molecule has 148 valence electrons. The molecule has 0 aromatic heterocycles. The summed E-state index contributed by atoms with van der Waals surface area (Å²) in [5, 5.41) is 11.8. The number of aromatic hydroxyl groups is 1. The maximum atomic E-state index is 9.34. The Kier molecular flexibility index (Phi) is 24.8. The Morgan fingerprint density at radius 1 is 0.846 bits per heavy atom. The smallest absolute Gasteiger partial charge is 0.133 e. The summed E-state index contributed by atoms with van der Waals surface area (Å²) in [6, 6.07) is 14.5. The summed E-state index contributed by atoms with van der Waals surface area (Å²) in [6.45, 7) is 14.5. The highest BCUT2D eigenvalue weighted by Gasteiger charge is 1.96. The van der Waals surface area contributed by atoms with Crippen LogP contribution in [-0.2, 0) is 4.79 Å². The molecule has 0 fully saturated rings. The van der Waals surface area contributed by atoms with E-state index in [1.54, 1.807) is 31.3 Å². The van der Waals surface area contributed by atoms with Crippen molar-refractivity contribution in [3.8, 4) is 17.2 Å². The van der Waals surface area contributed by atoms with Crippen LogP contribution in [-0.4, -0.2) is 25.0 Å². The number of ether oxygens (including phenoxy) is 1. The van der Waals surface area contributed by atoms with Gasteiger partial charge in [0.1, 0.15) is 23.5 Å². The van der Waals surface area contributed by atoms with E-state index < -0.39 is 0 Å². The van der Waals surface area contributed by atoms with E-state index in [1.807, 2.05) is 72.7 Å². The van der Waals surface area contributed by atoms with Gasteiger partial charge < -0.3 is 20.0 Å². The van der Waals surface area contributed by atoms with Gasteiger partial charge in [0.25, 0.3) is 0 Å². The quantitative estimate of drug-likeness (QED) is 0.656. The zero-order chi connectivity index (χ0) is 20.8. The van der Waals surface area contributed by atoms with Crippen molar-refractivity contribution in [3.05, 3.63) is 54.1 Å². The van der Waals surface area contributed by atoms with Gasteiger partial charge in [-0.1, -0.05) is 59.2 Å². The van der Waals surface area contributed by atoms with E-state index in [1.165, 1.54) is 5.56 Å².